The van der Waals surface area contributed by atoms with Gasteiger partial charge in [-0.2, -0.15) is 0 Å². The molecule has 0 saturated heterocycles. The van der Waals surface area contributed by atoms with E-state index >= 15 is 0 Å². The highest BCUT2D eigenvalue weighted by molar-refractivity contribution is 9.10. The summed E-state index contributed by atoms with van der Waals surface area (Å²) in [5.41, 5.74) is 2.25. The third kappa shape index (κ3) is 2.10. The molecule has 0 aliphatic carbocycles. The number of halogens is 1. The van der Waals surface area contributed by atoms with Crippen LogP contribution in [0.25, 0.3) is 11.0 Å². The normalized spacial score (nSPS) is 11.1. The monoisotopic (exact) mass is 324 g/mol. The summed E-state index contributed by atoms with van der Waals surface area (Å²) in [4.78, 5) is 4.51. The Morgan fingerprint density at radius 2 is 2.18 bits per heavy atom. The Morgan fingerprint density at radius 3 is 2.94 bits per heavy atom. The summed E-state index contributed by atoms with van der Waals surface area (Å²) in [5.74, 6) is 0. The van der Waals surface area contributed by atoms with Gasteiger partial charge in [-0.1, -0.05) is 12.1 Å². The highest BCUT2D eigenvalue weighted by Gasteiger charge is 2.05. The molecule has 1 aromatic carbocycles. The van der Waals surface area contributed by atoms with E-state index in [4.69, 9.17) is 12.2 Å². The zero-order valence-corrected chi connectivity index (χ0v) is 12.0. The summed E-state index contributed by atoms with van der Waals surface area (Å²) in [5, 5.41) is 2.09. The molecule has 0 unspecified atom stereocenters. The summed E-state index contributed by atoms with van der Waals surface area (Å²) in [6.07, 6.45) is 0. The van der Waals surface area contributed by atoms with Gasteiger partial charge in [-0.05, 0) is 46.3 Å². The molecule has 3 rings (SSSR count). The molecule has 86 valence electrons. The van der Waals surface area contributed by atoms with Gasteiger partial charge in [-0.3, -0.25) is 0 Å². The predicted octanol–water partition coefficient (Wildman–Crippen LogP) is 4.57. The van der Waals surface area contributed by atoms with Crippen molar-refractivity contribution in [1.82, 2.24) is 9.55 Å². The van der Waals surface area contributed by atoms with Crippen molar-refractivity contribution in [2.75, 3.05) is 0 Å². The standard InChI is InChI=1S/C12H9BrN2S2/c13-8-5-9(17-7-8)6-15-11-4-2-1-3-10(11)14-12(15)16/h1-5,7H,6H2,(H,14,16). The number of rotatable bonds is 2. The number of hydrogen-bond donors (Lipinski definition) is 1. The first-order chi connectivity index (χ1) is 8.24. The molecule has 0 fully saturated rings. The fraction of sp³-hybridized carbons (Fsp3) is 0.0833. The minimum absolute atomic E-state index is 0.774. The summed E-state index contributed by atoms with van der Waals surface area (Å²) >= 11 is 10.6. The molecule has 2 nitrogen and oxygen atoms in total. The molecule has 2 aromatic heterocycles. The number of aromatic nitrogens is 2. The molecule has 0 radical (unpaired) electrons. The van der Waals surface area contributed by atoms with Gasteiger partial charge in [0.25, 0.3) is 0 Å². The first-order valence-corrected chi connectivity index (χ1v) is 7.22. The SMILES string of the molecule is S=c1[nH]c2ccccc2n1Cc1cc(Br)cs1. The number of thiophene rings is 1. The van der Waals surface area contributed by atoms with Crippen molar-refractivity contribution in [3.05, 3.63) is 49.8 Å². The van der Waals surface area contributed by atoms with Crippen LogP contribution in [-0.4, -0.2) is 9.55 Å². The number of H-pyrrole nitrogens is 1. The summed E-state index contributed by atoms with van der Waals surface area (Å²) in [6.45, 7) is 0.819. The fourth-order valence-corrected chi connectivity index (χ4v) is 3.57. The van der Waals surface area contributed by atoms with E-state index in [0.29, 0.717) is 0 Å². The topological polar surface area (TPSA) is 20.7 Å². The van der Waals surface area contributed by atoms with Crippen molar-refractivity contribution in [2.45, 2.75) is 6.54 Å². The fourth-order valence-electron chi connectivity index (χ4n) is 1.86. The molecule has 0 atom stereocenters. The van der Waals surface area contributed by atoms with Gasteiger partial charge in [0, 0.05) is 14.7 Å². The predicted molar refractivity (Wildman–Crippen MR) is 78.2 cm³/mol. The molecular formula is C12H9BrN2S2. The van der Waals surface area contributed by atoms with Gasteiger partial charge in [0.2, 0.25) is 0 Å². The molecule has 2 heterocycles. The number of imidazole rings is 1. The van der Waals surface area contributed by atoms with Crippen LogP contribution in [0.15, 0.2) is 40.2 Å². The van der Waals surface area contributed by atoms with E-state index in [1.807, 2.05) is 18.2 Å². The molecule has 0 amide bonds. The van der Waals surface area contributed by atoms with E-state index in [-0.39, 0.29) is 0 Å². The maximum Gasteiger partial charge on any atom is 0.178 e. The van der Waals surface area contributed by atoms with Crippen molar-refractivity contribution in [3.63, 3.8) is 0 Å². The van der Waals surface area contributed by atoms with E-state index in [2.05, 4.69) is 43.0 Å². The van der Waals surface area contributed by atoms with Gasteiger partial charge >= 0.3 is 0 Å². The van der Waals surface area contributed by atoms with E-state index in [1.54, 1.807) is 11.3 Å². The zero-order valence-electron chi connectivity index (χ0n) is 8.81. The average Bonchev–Trinajstić information content (AvgIpc) is 2.85. The molecule has 0 spiro atoms. The smallest absolute Gasteiger partial charge is 0.178 e. The Morgan fingerprint density at radius 1 is 1.35 bits per heavy atom. The highest BCUT2D eigenvalue weighted by Crippen LogP contribution is 2.22. The second kappa shape index (κ2) is 4.40. The number of benzene rings is 1. The molecule has 5 heteroatoms. The molecule has 1 N–H and O–H groups in total. The number of nitrogens with zero attached hydrogens (tertiary/aromatic N) is 1. The number of nitrogens with one attached hydrogen (secondary N) is 1. The van der Waals surface area contributed by atoms with Crippen molar-refractivity contribution in [3.8, 4) is 0 Å². The van der Waals surface area contributed by atoms with Gasteiger partial charge in [-0.15, -0.1) is 11.3 Å². The number of aromatic amines is 1. The van der Waals surface area contributed by atoms with Gasteiger partial charge in [-0.25, -0.2) is 0 Å². The van der Waals surface area contributed by atoms with E-state index in [0.717, 1.165) is 26.8 Å². The van der Waals surface area contributed by atoms with E-state index < -0.39 is 0 Å². The van der Waals surface area contributed by atoms with Crippen LogP contribution in [0.5, 0.6) is 0 Å². The summed E-state index contributed by atoms with van der Waals surface area (Å²) in [6, 6.07) is 10.3. The minimum atomic E-state index is 0.774. The lowest BCUT2D eigenvalue weighted by Crippen LogP contribution is -1.97. The van der Waals surface area contributed by atoms with Crippen molar-refractivity contribution >= 4 is 50.5 Å². The Kier molecular flexibility index (Phi) is 2.90. The highest BCUT2D eigenvalue weighted by atomic mass is 79.9. The van der Waals surface area contributed by atoms with E-state index in [1.165, 1.54) is 4.88 Å². The lowest BCUT2D eigenvalue weighted by atomic mass is 10.3. The van der Waals surface area contributed by atoms with Crippen LogP contribution < -0.4 is 0 Å². The summed E-state index contributed by atoms with van der Waals surface area (Å²) in [7, 11) is 0. The third-order valence-electron chi connectivity index (χ3n) is 2.62. The van der Waals surface area contributed by atoms with Gasteiger partial charge in [0.1, 0.15) is 0 Å². The molecule has 0 aliphatic rings. The Labute approximate surface area is 116 Å². The second-order valence-corrected chi connectivity index (χ2v) is 6.06. The first-order valence-electron chi connectivity index (χ1n) is 5.14. The van der Waals surface area contributed by atoms with Crippen LogP contribution in [0.2, 0.25) is 0 Å². The molecule has 3 aromatic rings. The van der Waals surface area contributed by atoms with Crippen LogP contribution in [-0.2, 0) is 6.54 Å². The first kappa shape index (κ1) is 11.2. The number of para-hydroxylation sites is 2. The van der Waals surface area contributed by atoms with Crippen LogP contribution in [0.3, 0.4) is 0 Å². The third-order valence-corrected chi connectivity index (χ3v) is 4.62. The average molecular weight is 325 g/mol. The largest absolute Gasteiger partial charge is 0.331 e. The van der Waals surface area contributed by atoms with Crippen molar-refractivity contribution in [2.24, 2.45) is 0 Å². The van der Waals surface area contributed by atoms with Crippen LogP contribution in [0.1, 0.15) is 4.88 Å². The number of hydrogen-bond acceptors (Lipinski definition) is 2. The zero-order chi connectivity index (χ0) is 11.8. The molecule has 0 bridgehead atoms. The Balaban J connectivity index is 2.11. The van der Waals surface area contributed by atoms with Crippen molar-refractivity contribution in [1.29, 1.82) is 0 Å². The summed E-state index contributed by atoms with van der Waals surface area (Å²) < 4.78 is 4.03. The second-order valence-electron chi connectivity index (χ2n) is 3.76. The van der Waals surface area contributed by atoms with Crippen LogP contribution in [0, 0.1) is 4.77 Å². The minimum Gasteiger partial charge on any atom is -0.331 e. The number of fused-ring (bicyclic) bond motifs is 1. The van der Waals surface area contributed by atoms with Gasteiger partial charge < -0.3 is 9.55 Å². The molecule has 0 saturated carbocycles. The lowest BCUT2D eigenvalue weighted by molar-refractivity contribution is 0.823. The molecule has 0 aliphatic heterocycles. The van der Waals surface area contributed by atoms with E-state index in [9.17, 15) is 0 Å². The maximum absolute atomic E-state index is 5.36. The quantitative estimate of drug-likeness (QED) is 0.685. The van der Waals surface area contributed by atoms with Crippen LogP contribution >= 0.6 is 39.5 Å². The van der Waals surface area contributed by atoms with Gasteiger partial charge in [0.05, 0.1) is 17.6 Å². The lowest BCUT2D eigenvalue weighted by Gasteiger charge is -2.01. The Hall–Kier alpha value is -0.910. The van der Waals surface area contributed by atoms with Gasteiger partial charge in [0.15, 0.2) is 4.77 Å². The molecular weight excluding hydrogens is 316 g/mol. The Bertz CT molecular complexity index is 723. The maximum atomic E-state index is 5.36. The van der Waals surface area contributed by atoms with Crippen LogP contribution in [0.4, 0.5) is 0 Å². The molecule has 17 heavy (non-hydrogen) atoms. The van der Waals surface area contributed by atoms with Crippen molar-refractivity contribution < 1.29 is 0 Å².